The summed E-state index contributed by atoms with van der Waals surface area (Å²) >= 11 is 0. The number of ether oxygens (including phenoxy) is 7. The summed E-state index contributed by atoms with van der Waals surface area (Å²) in [6.45, 7) is 8.09. The number of carbonyl (C=O) groups is 5. The van der Waals surface area contributed by atoms with Crippen LogP contribution < -0.4 is 23.7 Å². The molecule has 0 saturated heterocycles. The molecule has 12 nitrogen and oxygen atoms in total. The van der Waals surface area contributed by atoms with Crippen LogP contribution in [0.4, 0.5) is 0 Å². The quantitative estimate of drug-likeness (QED) is 0.0396. The third-order valence-electron chi connectivity index (χ3n) is 7.16. The normalized spacial score (nSPS) is 10.3. The topological polar surface area (TPSA) is 150 Å². The van der Waals surface area contributed by atoms with Crippen LogP contribution >= 0.6 is 0 Å². The van der Waals surface area contributed by atoms with Gasteiger partial charge in [-0.1, -0.05) is 13.2 Å². The Kier molecular flexibility index (Phi) is 15.4. The fourth-order valence-corrected chi connectivity index (χ4v) is 4.36. The zero-order valence-electron chi connectivity index (χ0n) is 28.9. The maximum Gasteiger partial charge on any atom is 0.343 e. The molecule has 4 aromatic rings. The third kappa shape index (κ3) is 13.5. The smallest absolute Gasteiger partial charge is 0.343 e. The molecule has 0 amide bonds. The Hall–Kier alpha value is -6.69. The molecule has 0 unspecified atom stereocenters. The monoisotopic (exact) mass is 722 g/mol. The SMILES string of the molecule is C=CC(=O)OCCCCOc1ccc(C(=O)Oc2ccc(OC(=O)c3ccc(OC(=O)c4ccc(OCCCCOC(=O)C=C)cc4)cc3)cc2)cc1. The van der Waals surface area contributed by atoms with Crippen molar-refractivity contribution in [1.29, 1.82) is 0 Å². The lowest BCUT2D eigenvalue weighted by molar-refractivity contribution is -0.138. The van der Waals surface area contributed by atoms with Gasteiger partial charge < -0.3 is 33.2 Å². The first kappa shape index (κ1) is 39.1. The van der Waals surface area contributed by atoms with Crippen LogP contribution in [0.2, 0.25) is 0 Å². The lowest BCUT2D eigenvalue weighted by Gasteiger charge is -2.09. The second kappa shape index (κ2) is 20.9. The summed E-state index contributed by atoms with van der Waals surface area (Å²) in [5.74, 6) is -0.852. The minimum absolute atomic E-state index is 0.224. The zero-order chi connectivity index (χ0) is 37.8. The van der Waals surface area contributed by atoms with Gasteiger partial charge >= 0.3 is 29.8 Å². The lowest BCUT2D eigenvalue weighted by atomic mass is 10.2. The Morgan fingerprint density at radius 2 is 0.660 bits per heavy atom. The number of hydrogen-bond donors (Lipinski definition) is 0. The van der Waals surface area contributed by atoms with E-state index < -0.39 is 29.8 Å². The van der Waals surface area contributed by atoms with Crippen molar-refractivity contribution in [2.24, 2.45) is 0 Å². The van der Waals surface area contributed by atoms with Gasteiger partial charge in [-0.25, -0.2) is 24.0 Å². The first-order valence-corrected chi connectivity index (χ1v) is 16.6. The predicted octanol–water partition coefficient (Wildman–Crippen LogP) is 7.12. The van der Waals surface area contributed by atoms with Gasteiger partial charge in [0.05, 0.1) is 43.1 Å². The number of carbonyl (C=O) groups excluding carboxylic acids is 5. The van der Waals surface area contributed by atoms with Crippen molar-refractivity contribution in [2.75, 3.05) is 26.4 Å². The summed E-state index contributed by atoms with van der Waals surface area (Å²) in [7, 11) is 0. The molecule has 0 spiro atoms. The fourth-order valence-electron chi connectivity index (χ4n) is 4.36. The summed E-state index contributed by atoms with van der Waals surface area (Å²) in [5, 5.41) is 0. The maximum absolute atomic E-state index is 12.7. The van der Waals surface area contributed by atoms with Crippen LogP contribution in [0.1, 0.15) is 56.8 Å². The highest BCUT2D eigenvalue weighted by atomic mass is 16.6. The molecule has 0 aromatic heterocycles. The van der Waals surface area contributed by atoms with Crippen molar-refractivity contribution in [3.05, 3.63) is 139 Å². The lowest BCUT2D eigenvalue weighted by Crippen LogP contribution is -2.10. The fraction of sp³-hybridized carbons (Fsp3) is 0.195. The highest BCUT2D eigenvalue weighted by Crippen LogP contribution is 2.22. The molecule has 4 rings (SSSR count). The van der Waals surface area contributed by atoms with Gasteiger partial charge in [-0.15, -0.1) is 0 Å². The number of esters is 5. The van der Waals surface area contributed by atoms with E-state index in [0.717, 1.165) is 12.2 Å². The first-order valence-electron chi connectivity index (χ1n) is 16.6. The van der Waals surface area contributed by atoms with Gasteiger partial charge in [-0.2, -0.15) is 0 Å². The maximum atomic E-state index is 12.7. The molecule has 0 aliphatic carbocycles. The van der Waals surface area contributed by atoms with Gasteiger partial charge in [0, 0.05) is 12.2 Å². The van der Waals surface area contributed by atoms with Crippen molar-refractivity contribution in [3.63, 3.8) is 0 Å². The Balaban J connectivity index is 1.16. The molecular formula is C41H38O12. The van der Waals surface area contributed by atoms with Crippen LogP contribution in [-0.4, -0.2) is 56.3 Å². The highest BCUT2D eigenvalue weighted by Gasteiger charge is 2.14. The van der Waals surface area contributed by atoms with E-state index >= 15 is 0 Å². The molecule has 274 valence electrons. The summed E-state index contributed by atoms with van der Waals surface area (Å²) in [5.41, 5.74) is 0.849. The van der Waals surface area contributed by atoms with Gasteiger partial charge in [0.15, 0.2) is 0 Å². The molecule has 0 bridgehead atoms. The number of rotatable bonds is 20. The molecular weight excluding hydrogens is 684 g/mol. The summed E-state index contributed by atoms with van der Waals surface area (Å²) < 4.78 is 37.4. The van der Waals surface area contributed by atoms with Crippen LogP contribution in [0.3, 0.4) is 0 Å². The van der Waals surface area contributed by atoms with E-state index in [1.54, 1.807) is 48.5 Å². The van der Waals surface area contributed by atoms with Crippen LogP contribution in [0.15, 0.2) is 122 Å². The van der Waals surface area contributed by atoms with Crippen LogP contribution in [0, 0.1) is 0 Å². The molecule has 0 N–H and O–H groups in total. The molecule has 12 heteroatoms. The Morgan fingerprint density at radius 1 is 0.396 bits per heavy atom. The average molecular weight is 723 g/mol. The van der Waals surface area contributed by atoms with Crippen molar-refractivity contribution in [1.82, 2.24) is 0 Å². The summed E-state index contributed by atoms with van der Waals surface area (Å²) in [4.78, 5) is 60.0. The van der Waals surface area contributed by atoms with E-state index in [1.165, 1.54) is 48.5 Å². The second-order valence-electron chi connectivity index (χ2n) is 11.1. The predicted molar refractivity (Wildman–Crippen MR) is 192 cm³/mol. The van der Waals surface area contributed by atoms with E-state index in [-0.39, 0.29) is 36.0 Å². The van der Waals surface area contributed by atoms with Crippen molar-refractivity contribution >= 4 is 29.8 Å². The minimum atomic E-state index is -0.639. The first-order chi connectivity index (χ1) is 25.7. The van der Waals surface area contributed by atoms with Crippen molar-refractivity contribution in [3.8, 4) is 28.7 Å². The van der Waals surface area contributed by atoms with E-state index in [2.05, 4.69) is 13.2 Å². The molecule has 0 fully saturated rings. The van der Waals surface area contributed by atoms with Gasteiger partial charge in [-0.3, -0.25) is 0 Å². The molecule has 53 heavy (non-hydrogen) atoms. The van der Waals surface area contributed by atoms with Crippen LogP contribution in [0.5, 0.6) is 28.7 Å². The third-order valence-corrected chi connectivity index (χ3v) is 7.16. The standard InChI is InChI=1S/C41H38O12/c1-3-37(42)49-27-7-5-25-47-32-15-9-29(10-16-32)39(44)51-34-19-13-31(14-20-34)41(46)53-36-23-21-35(22-24-36)52-40(45)30-11-17-33(18-12-30)48-26-6-8-28-50-38(43)4-2/h3-4,9-24H,1-2,5-8,25-28H2. The summed E-state index contributed by atoms with van der Waals surface area (Å²) in [6, 6.07) is 24.8. The van der Waals surface area contributed by atoms with E-state index in [1.807, 2.05) is 0 Å². The van der Waals surface area contributed by atoms with Gasteiger partial charge in [0.1, 0.15) is 28.7 Å². The summed E-state index contributed by atoms with van der Waals surface area (Å²) in [6.07, 6.45) is 4.88. The van der Waals surface area contributed by atoms with E-state index in [0.29, 0.717) is 61.5 Å². The van der Waals surface area contributed by atoms with Crippen molar-refractivity contribution < 1.29 is 57.1 Å². The van der Waals surface area contributed by atoms with Gasteiger partial charge in [-0.05, 0) is 123 Å². The Bertz CT molecular complexity index is 1850. The number of unbranched alkanes of at least 4 members (excludes halogenated alkanes) is 2. The molecule has 0 saturated carbocycles. The second-order valence-corrected chi connectivity index (χ2v) is 11.1. The van der Waals surface area contributed by atoms with E-state index in [9.17, 15) is 24.0 Å². The Morgan fingerprint density at radius 3 is 0.962 bits per heavy atom. The number of benzene rings is 4. The zero-order valence-corrected chi connectivity index (χ0v) is 28.9. The van der Waals surface area contributed by atoms with Crippen molar-refractivity contribution in [2.45, 2.75) is 25.7 Å². The van der Waals surface area contributed by atoms with Crippen LogP contribution in [-0.2, 0) is 19.1 Å². The van der Waals surface area contributed by atoms with Gasteiger partial charge in [0.25, 0.3) is 0 Å². The number of hydrogen-bond acceptors (Lipinski definition) is 12. The molecule has 4 aromatic carbocycles. The Labute approximate surface area is 306 Å². The molecule has 0 aliphatic heterocycles. The highest BCUT2D eigenvalue weighted by molar-refractivity contribution is 5.93. The van der Waals surface area contributed by atoms with Gasteiger partial charge in [0.2, 0.25) is 0 Å². The molecule has 0 heterocycles. The molecule has 0 atom stereocenters. The average Bonchev–Trinajstić information content (AvgIpc) is 3.18. The molecule has 0 aliphatic rings. The van der Waals surface area contributed by atoms with E-state index in [4.69, 9.17) is 33.2 Å². The largest absolute Gasteiger partial charge is 0.494 e. The minimum Gasteiger partial charge on any atom is -0.494 e. The van der Waals surface area contributed by atoms with Crippen LogP contribution in [0.25, 0.3) is 0 Å². The molecule has 0 radical (unpaired) electrons.